The third-order valence-electron chi connectivity index (χ3n) is 3.98. The fraction of sp³-hybridized carbons (Fsp3) is 0.316. The maximum absolute atomic E-state index is 12.3. The summed E-state index contributed by atoms with van der Waals surface area (Å²) in [5.74, 6) is 1.97. The number of anilines is 1. The fourth-order valence-corrected chi connectivity index (χ4v) is 3.38. The Kier molecular flexibility index (Phi) is 5.68. The molecule has 0 atom stereocenters. The molecule has 3 aromatic rings. The predicted molar refractivity (Wildman–Crippen MR) is 102 cm³/mol. The number of nitrogens with one attached hydrogen (secondary N) is 1. The minimum atomic E-state index is -0.0179. The molecule has 0 saturated heterocycles. The van der Waals surface area contributed by atoms with Gasteiger partial charge in [-0.2, -0.15) is 4.98 Å². The van der Waals surface area contributed by atoms with Crippen LogP contribution < -0.4 is 10.1 Å². The van der Waals surface area contributed by atoms with E-state index < -0.39 is 0 Å². The Morgan fingerprint density at radius 1 is 1.31 bits per heavy atom. The third kappa shape index (κ3) is 4.29. The Balaban J connectivity index is 1.60. The lowest BCUT2D eigenvalue weighted by Gasteiger charge is -2.05. The van der Waals surface area contributed by atoms with E-state index in [-0.39, 0.29) is 5.91 Å². The van der Waals surface area contributed by atoms with Crippen LogP contribution in [0.4, 0.5) is 5.69 Å². The van der Waals surface area contributed by atoms with Crippen LogP contribution in [0.25, 0.3) is 10.7 Å². The van der Waals surface area contributed by atoms with Crippen LogP contribution in [-0.2, 0) is 17.6 Å². The summed E-state index contributed by atoms with van der Waals surface area (Å²) >= 11 is 1.54. The number of benzene rings is 1. The maximum Gasteiger partial charge on any atom is 0.226 e. The molecule has 1 aromatic carbocycles. The van der Waals surface area contributed by atoms with Crippen LogP contribution in [-0.4, -0.2) is 23.2 Å². The Hall–Kier alpha value is -2.67. The lowest BCUT2D eigenvalue weighted by Crippen LogP contribution is -2.12. The average molecular weight is 371 g/mol. The molecule has 1 amide bonds. The highest BCUT2D eigenvalue weighted by molar-refractivity contribution is 7.16. The molecule has 0 fully saturated rings. The highest BCUT2D eigenvalue weighted by atomic mass is 32.1. The average Bonchev–Trinajstić information content (AvgIpc) is 3.27. The zero-order valence-corrected chi connectivity index (χ0v) is 15.9. The number of nitrogens with zero attached hydrogens (tertiary/aromatic N) is 2. The first-order valence-corrected chi connectivity index (χ1v) is 9.27. The van der Waals surface area contributed by atoms with Gasteiger partial charge in [-0.25, -0.2) is 0 Å². The van der Waals surface area contributed by atoms with Crippen LogP contribution in [0.5, 0.6) is 5.75 Å². The van der Waals surface area contributed by atoms with Crippen molar-refractivity contribution in [1.82, 2.24) is 10.1 Å². The number of ether oxygens (including phenoxy) is 1. The normalized spacial score (nSPS) is 10.7. The Labute approximate surface area is 156 Å². The number of hydrogen-bond donors (Lipinski definition) is 1. The third-order valence-corrected chi connectivity index (χ3v) is 5.03. The van der Waals surface area contributed by atoms with Gasteiger partial charge in [-0.15, -0.1) is 11.3 Å². The number of hydrogen-bond acceptors (Lipinski definition) is 6. The molecule has 2 heterocycles. The molecule has 136 valence electrons. The van der Waals surface area contributed by atoms with Gasteiger partial charge >= 0.3 is 0 Å². The molecule has 26 heavy (non-hydrogen) atoms. The van der Waals surface area contributed by atoms with Crippen molar-refractivity contribution in [2.24, 2.45) is 0 Å². The van der Waals surface area contributed by atoms with Crippen molar-refractivity contribution in [2.45, 2.75) is 33.1 Å². The number of thiophene rings is 1. The van der Waals surface area contributed by atoms with Crippen molar-refractivity contribution in [1.29, 1.82) is 0 Å². The Bertz CT molecular complexity index is 884. The number of amides is 1. The molecule has 0 aliphatic carbocycles. The second-order valence-electron chi connectivity index (χ2n) is 5.84. The highest BCUT2D eigenvalue weighted by Gasteiger charge is 2.14. The molecule has 0 bridgehead atoms. The summed E-state index contributed by atoms with van der Waals surface area (Å²) in [5.41, 5.74) is 1.90. The van der Waals surface area contributed by atoms with Crippen molar-refractivity contribution in [3.8, 4) is 16.5 Å². The zero-order chi connectivity index (χ0) is 18.5. The molecule has 0 aliphatic heterocycles. The van der Waals surface area contributed by atoms with Gasteiger partial charge in [0, 0.05) is 17.7 Å². The zero-order valence-electron chi connectivity index (χ0n) is 15.0. The monoisotopic (exact) mass is 371 g/mol. The highest BCUT2D eigenvalue weighted by Crippen LogP contribution is 2.32. The van der Waals surface area contributed by atoms with Crippen molar-refractivity contribution >= 4 is 22.9 Å². The first-order valence-electron chi connectivity index (χ1n) is 8.45. The standard InChI is InChI=1S/C19H21N3O3S/c1-4-18-21-19(22-25-18)16-11-15(12(2)26-16)20-17(23)10-7-13-5-8-14(24-3)9-6-13/h5-6,8-9,11H,4,7,10H2,1-3H3,(H,20,23). The molecular formula is C19H21N3O3S. The van der Waals surface area contributed by atoms with Gasteiger partial charge in [0.25, 0.3) is 0 Å². The van der Waals surface area contributed by atoms with Crippen LogP contribution in [0.15, 0.2) is 34.9 Å². The van der Waals surface area contributed by atoms with Crippen LogP contribution >= 0.6 is 11.3 Å². The number of methoxy groups -OCH3 is 1. The lowest BCUT2D eigenvalue weighted by molar-refractivity contribution is -0.116. The second-order valence-corrected chi connectivity index (χ2v) is 7.10. The summed E-state index contributed by atoms with van der Waals surface area (Å²) < 4.78 is 10.3. The van der Waals surface area contributed by atoms with E-state index in [1.807, 2.05) is 44.2 Å². The molecular weight excluding hydrogens is 350 g/mol. The minimum absolute atomic E-state index is 0.0179. The summed E-state index contributed by atoms with van der Waals surface area (Å²) in [6, 6.07) is 9.65. The number of carbonyl (C=O) groups is 1. The van der Waals surface area contributed by atoms with Gasteiger partial charge in [-0.1, -0.05) is 24.2 Å². The van der Waals surface area contributed by atoms with Crippen LogP contribution in [0, 0.1) is 6.92 Å². The molecule has 0 aliphatic rings. The van der Waals surface area contributed by atoms with E-state index in [2.05, 4.69) is 15.5 Å². The van der Waals surface area contributed by atoms with Crippen molar-refractivity contribution in [3.63, 3.8) is 0 Å². The van der Waals surface area contributed by atoms with Gasteiger partial charge in [0.1, 0.15) is 5.75 Å². The van der Waals surface area contributed by atoms with E-state index in [0.717, 1.165) is 26.8 Å². The minimum Gasteiger partial charge on any atom is -0.497 e. The molecule has 7 heteroatoms. The van der Waals surface area contributed by atoms with Crippen molar-refractivity contribution in [3.05, 3.63) is 46.7 Å². The van der Waals surface area contributed by atoms with Gasteiger partial charge in [0.2, 0.25) is 17.6 Å². The number of aromatic nitrogens is 2. The first kappa shape index (κ1) is 18.1. The molecule has 0 spiro atoms. The second kappa shape index (κ2) is 8.14. The number of rotatable bonds is 7. The number of aryl methyl sites for hydroxylation is 3. The first-order chi connectivity index (χ1) is 12.6. The molecule has 1 N–H and O–H groups in total. The SMILES string of the molecule is CCc1nc(-c2cc(NC(=O)CCc3ccc(OC)cc3)c(C)s2)no1. The molecule has 0 radical (unpaired) electrons. The van der Waals surface area contributed by atoms with E-state index in [1.165, 1.54) is 11.3 Å². The van der Waals surface area contributed by atoms with Crippen LogP contribution in [0.2, 0.25) is 0 Å². The number of carbonyl (C=O) groups excluding carboxylic acids is 1. The van der Waals surface area contributed by atoms with Gasteiger partial charge in [0.15, 0.2) is 0 Å². The molecule has 6 nitrogen and oxygen atoms in total. The van der Waals surface area contributed by atoms with E-state index >= 15 is 0 Å². The summed E-state index contributed by atoms with van der Waals surface area (Å²) in [6.45, 7) is 3.93. The maximum atomic E-state index is 12.3. The Morgan fingerprint density at radius 2 is 2.08 bits per heavy atom. The smallest absolute Gasteiger partial charge is 0.226 e. The van der Waals surface area contributed by atoms with Crippen LogP contribution in [0.1, 0.15) is 29.7 Å². The quantitative estimate of drug-likeness (QED) is 0.672. The molecule has 3 rings (SSSR count). The van der Waals surface area contributed by atoms with E-state index in [9.17, 15) is 4.79 Å². The summed E-state index contributed by atoms with van der Waals surface area (Å²) in [6.07, 6.45) is 1.79. The summed E-state index contributed by atoms with van der Waals surface area (Å²) in [5, 5.41) is 6.96. The van der Waals surface area contributed by atoms with Gasteiger partial charge < -0.3 is 14.6 Å². The topological polar surface area (TPSA) is 77.2 Å². The van der Waals surface area contributed by atoms with E-state index in [1.54, 1.807) is 7.11 Å². The van der Waals surface area contributed by atoms with Gasteiger partial charge in [-0.3, -0.25) is 4.79 Å². The van der Waals surface area contributed by atoms with Crippen molar-refractivity contribution in [2.75, 3.05) is 12.4 Å². The van der Waals surface area contributed by atoms with Crippen LogP contribution in [0.3, 0.4) is 0 Å². The predicted octanol–water partition coefficient (Wildman–Crippen LogP) is 4.25. The fourth-order valence-electron chi connectivity index (χ4n) is 2.48. The van der Waals surface area contributed by atoms with E-state index in [0.29, 0.717) is 31.0 Å². The molecule has 2 aromatic heterocycles. The van der Waals surface area contributed by atoms with Crippen molar-refractivity contribution < 1.29 is 14.1 Å². The Morgan fingerprint density at radius 3 is 2.73 bits per heavy atom. The summed E-state index contributed by atoms with van der Waals surface area (Å²) in [7, 11) is 1.64. The summed E-state index contributed by atoms with van der Waals surface area (Å²) in [4.78, 5) is 18.5. The van der Waals surface area contributed by atoms with Gasteiger partial charge in [0.05, 0.1) is 17.7 Å². The lowest BCUT2D eigenvalue weighted by atomic mass is 10.1. The molecule has 0 unspecified atom stereocenters. The van der Waals surface area contributed by atoms with E-state index in [4.69, 9.17) is 9.26 Å². The largest absolute Gasteiger partial charge is 0.497 e. The molecule has 0 saturated carbocycles. The van der Waals surface area contributed by atoms with Gasteiger partial charge in [-0.05, 0) is 37.1 Å².